The van der Waals surface area contributed by atoms with Gasteiger partial charge in [0.15, 0.2) is 0 Å². The lowest BCUT2D eigenvalue weighted by molar-refractivity contribution is 0.200. The van der Waals surface area contributed by atoms with Gasteiger partial charge in [0, 0.05) is 26.2 Å². The van der Waals surface area contributed by atoms with E-state index in [2.05, 4.69) is 37.9 Å². The molecule has 0 aromatic carbocycles. The number of rotatable bonds is 4. The highest BCUT2D eigenvalue weighted by atomic mass is 15.2. The summed E-state index contributed by atoms with van der Waals surface area (Å²) < 4.78 is 0. The smallest absolute Gasteiger partial charge is 0.00451 e. The van der Waals surface area contributed by atoms with Gasteiger partial charge in [-0.2, -0.15) is 0 Å². The number of likely N-dealkylation sites (tertiary alicyclic amines) is 1. The first-order valence-electron chi connectivity index (χ1n) is 5.81. The lowest BCUT2D eigenvalue weighted by Gasteiger charge is -2.30. The number of hydrogen-bond acceptors (Lipinski definition) is 2. The minimum Gasteiger partial charge on any atom is -0.319 e. The lowest BCUT2D eigenvalue weighted by atomic mass is 9.93. The molecular weight excluding hydrogens is 172 g/mol. The van der Waals surface area contributed by atoms with Crippen LogP contribution in [0.2, 0.25) is 0 Å². The molecular formula is C12H26N2. The van der Waals surface area contributed by atoms with Crippen LogP contribution in [-0.4, -0.2) is 38.1 Å². The van der Waals surface area contributed by atoms with E-state index < -0.39 is 0 Å². The molecule has 2 atom stereocenters. The Morgan fingerprint density at radius 3 is 2.14 bits per heavy atom. The summed E-state index contributed by atoms with van der Waals surface area (Å²) in [6.07, 6.45) is 0. The summed E-state index contributed by atoms with van der Waals surface area (Å²) in [5.41, 5.74) is 0.401. The average Bonchev–Trinajstić information content (AvgIpc) is 2.29. The summed E-state index contributed by atoms with van der Waals surface area (Å²) in [5.74, 6) is 1.75. The zero-order chi connectivity index (χ0) is 10.8. The first-order chi connectivity index (χ1) is 6.44. The van der Waals surface area contributed by atoms with Crippen LogP contribution in [0.3, 0.4) is 0 Å². The molecule has 1 aliphatic rings. The maximum absolute atomic E-state index is 3.28. The van der Waals surface area contributed by atoms with E-state index in [0.29, 0.717) is 5.41 Å². The third-order valence-electron chi connectivity index (χ3n) is 3.37. The van der Waals surface area contributed by atoms with Gasteiger partial charge in [-0.1, -0.05) is 27.7 Å². The molecule has 0 aliphatic carbocycles. The molecule has 14 heavy (non-hydrogen) atoms. The van der Waals surface area contributed by atoms with E-state index >= 15 is 0 Å². The van der Waals surface area contributed by atoms with Crippen LogP contribution in [0, 0.1) is 17.3 Å². The largest absolute Gasteiger partial charge is 0.319 e. The van der Waals surface area contributed by atoms with E-state index in [1.165, 1.54) is 19.6 Å². The topological polar surface area (TPSA) is 15.3 Å². The Bertz CT molecular complexity index is 167. The lowest BCUT2D eigenvalue weighted by Crippen LogP contribution is -2.38. The molecule has 0 bridgehead atoms. The van der Waals surface area contributed by atoms with Crippen molar-refractivity contribution in [3.8, 4) is 0 Å². The van der Waals surface area contributed by atoms with Crippen molar-refractivity contribution in [2.75, 3.05) is 33.2 Å². The van der Waals surface area contributed by atoms with E-state index in [4.69, 9.17) is 0 Å². The SMILES string of the molecule is CNCC(C)(C)CN1CC(C)C(C)C1. The molecule has 1 fully saturated rings. The Balaban J connectivity index is 2.38. The fourth-order valence-corrected chi connectivity index (χ4v) is 2.52. The van der Waals surface area contributed by atoms with E-state index in [-0.39, 0.29) is 0 Å². The normalized spacial score (nSPS) is 29.8. The zero-order valence-corrected chi connectivity index (χ0v) is 10.4. The highest BCUT2D eigenvalue weighted by Crippen LogP contribution is 2.25. The Kier molecular flexibility index (Phi) is 3.96. The van der Waals surface area contributed by atoms with Crippen LogP contribution in [0.25, 0.3) is 0 Å². The average molecular weight is 198 g/mol. The quantitative estimate of drug-likeness (QED) is 0.741. The van der Waals surface area contributed by atoms with Crippen molar-refractivity contribution in [1.82, 2.24) is 10.2 Å². The molecule has 1 aliphatic heterocycles. The maximum Gasteiger partial charge on any atom is 0.00451 e. The summed E-state index contributed by atoms with van der Waals surface area (Å²) in [5, 5.41) is 3.28. The van der Waals surface area contributed by atoms with Crippen molar-refractivity contribution in [3.63, 3.8) is 0 Å². The van der Waals surface area contributed by atoms with Crippen molar-refractivity contribution in [2.24, 2.45) is 17.3 Å². The van der Waals surface area contributed by atoms with E-state index in [1.807, 2.05) is 7.05 Å². The number of nitrogens with one attached hydrogen (secondary N) is 1. The standard InChI is InChI=1S/C12H26N2/c1-10-6-14(7-11(10)2)9-12(3,4)8-13-5/h10-11,13H,6-9H2,1-5H3. The van der Waals surface area contributed by atoms with Gasteiger partial charge < -0.3 is 10.2 Å². The Morgan fingerprint density at radius 2 is 1.71 bits per heavy atom. The fraction of sp³-hybridized carbons (Fsp3) is 1.00. The van der Waals surface area contributed by atoms with E-state index in [1.54, 1.807) is 0 Å². The summed E-state index contributed by atoms with van der Waals surface area (Å²) in [4.78, 5) is 2.62. The Labute approximate surface area is 89.1 Å². The second kappa shape index (κ2) is 4.63. The highest BCUT2D eigenvalue weighted by Gasteiger charge is 2.29. The predicted molar refractivity (Wildman–Crippen MR) is 62.5 cm³/mol. The first kappa shape index (κ1) is 12.0. The van der Waals surface area contributed by atoms with Crippen LogP contribution in [0.4, 0.5) is 0 Å². The molecule has 2 unspecified atom stereocenters. The third kappa shape index (κ3) is 3.25. The van der Waals surface area contributed by atoms with Crippen LogP contribution < -0.4 is 5.32 Å². The highest BCUT2D eigenvalue weighted by molar-refractivity contribution is 4.83. The first-order valence-corrected chi connectivity index (χ1v) is 5.81. The van der Waals surface area contributed by atoms with E-state index in [0.717, 1.165) is 18.4 Å². The van der Waals surface area contributed by atoms with Crippen LogP contribution in [0.1, 0.15) is 27.7 Å². The molecule has 0 radical (unpaired) electrons. The van der Waals surface area contributed by atoms with Crippen molar-refractivity contribution in [3.05, 3.63) is 0 Å². The zero-order valence-electron chi connectivity index (χ0n) is 10.4. The van der Waals surface area contributed by atoms with Gasteiger partial charge in [0.25, 0.3) is 0 Å². The van der Waals surface area contributed by atoms with Crippen LogP contribution >= 0.6 is 0 Å². The molecule has 1 N–H and O–H groups in total. The molecule has 0 aromatic rings. The van der Waals surface area contributed by atoms with Crippen molar-refractivity contribution in [1.29, 1.82) is 0 Å². The van der Waals surface area contributed by atoms with Gasteiger partial charge in [0.05, 0.1) is 0 Å². The van der Waals surface area contributed by atoms with Crippen LogP contribution in [-0.2, 0) is 0 Å². The van der Waals surface area contributed by atoms with Gasteiger partial charge in [-0.3, -0.25) is 0 Å². The van der Waals surface area contributed by atoms with E-state index in [9.17, 15) is 0 Å². The number of hydrogen-bond donors (Lipinski definition) is 1. The molecule has 2 nitrogen and oxygen atoms in total. The van der Waals surface area contributed by atoms with Crippen molar-refractivity contribution < 1.29 is 0 Å². The summed E-state index contributed by atoms with van der Waals surface area (Å²) >= 11 is 0. The van der Waals surface area contributed by atoms with Crippen LogP contribution in [0.15, 0.2) is 0 Å². The Hall–Kier alpha value is -0.0800. The molecule has 1 rings (SSSR count). The van der Waals surface area contributed by atoms with Gasteiger partial charge in [0.2, 0.25) is 0 Å². The molecule has 0 amide bonds. The Morgan fingerprint density at radius 1 is 1.21 bits per heavy atom. The molecule has 2 heteroatoms. The second-order valence-electron chi connectivity index (χ2n) is 5.84. The van der Waals surface area contributed by atoms with Gasteiger partial charge in [-0.15, -0.1) is 0 Å². The maximum atomic E-state index is 3.28. The predicted octanol–water partition coefficient (Wildman–Crippen LogP) is 1.82. The van der Waals surface area contributed by atoms with Gasteiger partial charge >= 0.3 is 0 Å². The molecule has 0 saturated carbocycles. The second-order valence-corrected chi connectivity index (χ2v) is 5.84. The molecule has 1 heterocycles. The molecule has 0 aromatic heterocycles. The minimum absolute atomic E-state index is 0.401. The third-order valence-corrected chi connectivity index (χ3v) is 3.37. The van der Waals surface area contributed by atoms with Gasteiger partial charge in [0.1, 0.15) is 0 Å². The van der Waals surface area contributed by atoms with Crippen LogP contribution in [0.5, 0.6) is 0 Å². The summed E-state index contributed by atoms with van der Waals surface area (Å²) in [7, 11) is 2.04. The molecule has 84 valence electrons. The number of nitrogens with zero attached hydrogens (tertiary/aromatic N) is 1. The van der Waals surface area contributed by atoms with Crippen molar-refractivity contribution >= 4 is 0 Å². The fourth-order valence-electron chi connectivity index (χ4n) is 2.52. The summed E-state index contributed by atoms with van der Waals surface area (Å²) in [6, 6.07) is 0. The minimum atomic E-state index is 0.401. The van der Waals surface area contributed by atoms with Gasteiger partial charge in [-0.05, 0) is 24.3 Å². The van der Waals surface area contributed by atoms with Crippen molar-refractivity contribution in [2.45, 2.75) is 27.7 Å². The van der Waals surface area contributed by atoms with Gasteiger partial charge in [-0.25, -0.2) is 0 Å². The molecule has 0 spiro atoms. The molecule has 1 saturated heterocycles. The monoisotopic (exact) mass is 198 g/mol. The summed E-state index contributed by atoms with van der Waals surface area (Å²) in [6.45, 7) is 14.3.